The Labute approximate surface area is 118 Å². The predicted octanol–water partition coefficient (Wildman–Crippen LogP) is 4.05. The average molecular weight is 319 g/mol. The maximum Gasteiger partial charge on any atom is 0.107 e. The fourth-order valence-electron chi connectivity index (χ4n) is 1.44. The molecule has 0 N–H and O–H groups in total. The van der Waals surface area contributed by atoms with Gasteiger partial charge in [-0.15, -0.1) is 11.3 Å². The number of hydrogen-bond donors (Lipinski definition) is 0. The third-order valence-corrected chi connectivity index (χ3v) is 3.93. The van der Waals surface area contributed by atoms with Gasteiger partial charge in [-0.1, -0.05) is 43.6 Å². The van der Waals surface area contributed by atoms with Crippen molar-refractivity contribution < 1.29 is 0 Å². The van der Waals surface area contributed by atoms with Gasteiger partial charge in [0, 0.05) is 15.6 Å². The Morgan fingerprint density at radius 2 is 2.12 bits per heavy atom. The van der Waals surface area contributed by atoms with E-state index in [-0.39, 0.29) is 5.41 Å². The van der Waals surface area contributed by atoms with E-state index in [1.165, 1.54) is 17.1 Å². The van der Waals surface area contributed by atoms with Gasteiger partial charge in [-0.3, -0.25) is 4.90 Å². The summed E-state index contributed by atoms with van der Waals surface area (Å²) in [5.74, 6) is 0. The molecule has 0 saturated carbocycles. The molecule has 1 unspecified atom stereocenters. The molecule has 1 heterocycles. The molecule has 17 heavy (non-hydrogen) atoms. The topological polar surface area (TPSA) is 16.1 Å². The zero-order valence-corrected chi connectivity index (χ0v) is 13.9. The lowest BCUT2D eigenvalue weighted by atomic mass is 9.93. The van der Waals surface area contributed by atoms with Crippen LogP contribution < -0.4 is 0 Å². The molecule has 1 aromatic rings. The minimum absolute atomic E-state index is 0.164. The van der Waals surface area contributed by atoms with E-state index in [2.05, 4.69) is 61.0 Å². The number of thiazole rings is 1. The molecule has 0 fully saturated rings. The Morgan fingerprint density at radius 3 is 2.59 bits per heavy atom. The number of hydrogen-bond acceptors (Lipinski definition) is 3. The number of nitrogens with zero attached hydrogens (tertiary/aromatic N) is 2. The summed E-state index contributed by atoms with van der Waals surface area (Å²) in [5, 5.41) is 3.41. The van der Waals surface area contributed by atoms with Crippen LogP contribution in [-0.4, -0.2) is 28.3 Å². The summed E-state index contributed by atoms with van der Waals surface area (Å²) in [6, 6.07) is 0. The zero-order valence-electron chi connectivity index (χ0n) is 11.5. The summed E-state index contributed by atoms with van der Waals surface area (Å²) in [6.07, 6.45) is 1.17. The van der Waals surface area contributed by atoms with Crippen LogP contribution in [0, 0.1) is 0 Å². The standard InChI is InChI=1S/C13H23BrN2S/c1-10(14)6-7-16(5)8-12-15-11(9-17-12)13(2,3)4/h9-10H,6-8H2,1-5H3. The molecule has 0 aliphatic rings. The molecule has 1 aromatic heterocycles. The van der Waals surface area contributed by atoms with Crippen molar-refractivity contribution in [3.8, 4) is 0 Å². The molecule has 0 amide bonds. The van der Waals surface area contributed by atoms with Gasteiger partial charge in [0.2, 0.25) is 0 Å². The lowest BCUT2D eigenvalue weighted by Crippen LogP contribution is -2.21. The number of alkyl halides is 1. The van der Waals surface area contributed by atoms with E-state index in [0.29, 0.717) is 4.83 Å². The van der Waals surface area contributed by atoms with Gasteiger partial charge >= 0.3 is 0 Å². The quantitative estimate of drug-likeness (QED) is 0.761. The Kier molecular flexibility index (Phi) is 5.61. The number of rotatable bonds is 5. The number of aromatic nitrogens is 1. The van der Waals surface area contributed by atoms with E-state index in [1.54, 1.807) is 11.3 Å². The van der Waals surface area contributed by atoms with Crippen molar-refractivity contribution in [1.29, 1.82) is 0 Å². The van der Waals surface area contributed by atoms with Crippen LogP contribution in [0.2, 0.25) is 0 Å². The van der Waals surface area contributed by atoms with Crippen molar-refractivity contribution in [2.24, 2.45) is 0 Å². The molecule has 0 aromatic carbocycles. The maximum atomic E-state index is 4.71. The first kappa shape index (κ1) is 15.1. The second kappa shape index (κ2) is 6.30. The molecule has 4 heteroatoms. The molecule has 0 spiro atoms. The molecule has 0 saturated heterocycles. The molecule has 0 bridgehead atoms. The van der Waals surface area contributed by atoms with Gasteiger partial charge in [-0.25, -0.2) is 4.98 Å². The maximum absolute atomic E-state index is 4.71. The van der Waals surface area contributed by atoms with Gasteiger partial charge < -0.3 is 0 Å². The monoisotopic (exact) mass is 318 g/mol. The highest BCUT2D eigenvalue weighted by Gasteiger charge is 2.17. The second-order valence-corrected chi connectivity index (χ2v) is 8.19. The summed E-state index contributed by atoms with van der Waals surface area (Å²) in [4.78, 5) is 7.64. The third-order valence-electron chi connectivity index (χ3n) is 2.63. The van der Waals surface area contributed by atoms with E-state index in [0.717, 1.165) is 13.1 Å². The second-order valence-electron chi connectivity index (χ2n) is 5.68. The first-order valence-electron chi connectivity index (χ1n) is 6.06. The van der Waals surface area contributed by atoms with Crippen LogP contribution in [0.1, 0.15) is 44.8 Å². The SMILES string of the molecule is CC(Br)CCN(C)Cc1nc(C(C)(C)C)cs1. The van der Waals surface area contributed by atoms with Crippen LogP contribution in [0.15, 0.2) is 5.38 Å². The van der Waals surface area contributed by atoms with E-state index in [4.69, 9.17) is 4.98 Å². The first-order chi connectivity index (χ1) is 7.79. The molecule has 2 nitrogen and oxygen atoms in total. The van der Waals surface area contributed by atoms with Gasteiger partial charge in [-0.2, -0.15) is 0 Å². The lowest BCUT2D eigenvalue weighted by molar-refractivity contribution is 0.321. The lowest BCUT2D eigenvalue weighted by Gasteiger charge is -2.16. The summed E-state index contributed by atoms with van der Waals surface area (Å²) in [5.41, 5.74) is 1.37. The largest absolute Gasteiger partial charge is 0.300 e. The molecular weight excluding hydrogens is 296 g/mol. The molecular formula is C13H23BrN2S. The molecule has 0 aliphatic carbocycles. The normalized spacial score (nSPS) is 14.3. The van der Waals surface area contributed by atoms with E-state index >= 15 is 0 Å². The Hall–Kier alpha value is 0.0700. The highest BCUT2D eigenvalue weighted by Crippen LogP contribution is 2.24. The molecule has 1 rings (SSSR count). The van der Waals surface area contributed by atoms with E-state index in [1.807, 2.05) is 0 Å². The number of halogens is 1. The molecule has 0 aliphatic heterocycles. The van der Waals surface area contributed by atoms with Gasteiger partial charge in [0.05, 0.1) is 12.2 Å². The Balaban J connectivity index is 2.49. The van der Waals surface area contributed by atoms with Gasteiger partial charge in [0.15, 0.2) is 0 Å². The summed E-state index contributed by atoms with van der Waals surface area (Å²) >= 11 is 5.35. The summed E-state index contributed by atoms with van der Waals surface area (Å²) < 4.78 is 0. The van der Waals surface area contributed by atoms with Crippen LogP contribution in [0.4, 0.5) is 0 Å². The molecule has 0 radical (unpaired) electrons. The minimum Gasteiger partial charge on any atom is -0.300 e. The van der Waals surface area contributed by atoms with Crippen molar-refractivity contribution in [2.75, 3.05) is 13.6 Å². The molecule has 1 atom stereocenters. The van der Waals surface area contributed by atoms with Crippen LogP contribution in [-0.2, 0) is 12.0 Å². The van der Waals surface area contributed by atoms with Crippen LogP contribution in [0.25, 0.3) is 0 Å². The van der Waals surface area contributed by atoms with Crippen molar-refractivity contribution in [3.05, 3.63) is 16.1 Å². The van der Waals surface area contributed by atoms with Crippen LogP contribution >= 0.6 is 27.3 Å². The van der Waals surface area contributed by atoms with Crippen molar-refractivity contribution >= 4 is 27.3 Å². The summed E-state index contributed by atoms with van der Waals surface area (Å²) in [6.45, 7) is 10.9. The predicted molar refractivity (Wildman–Crippen MR) is 80.2 cm³/mol. The Bertz CT molecular complexity index is 341. The first-order valence-corrected chi connectivity index (χ1v) is 7.86. The zero-order chi connectivity index (χ0) is 13.1. The van der Waals surface area contributed by atoms with Crippen molar-refractivity contribution in [3.63, 3.8) is 0 Å². The van der Waals surface area contributed by atoms with Crippen molar-refractivity contribution in [1.82, 2.24) is 9.88 Å². The van der Waals surface area contributed by atoms with Gasteiger partial charge in [0.1, 0.15) is 5.01 Å². The van der Waals surface area contributed by atoms with Gasteiger partial charge in [-0.05, 0) is 20.0 Å². The smallest absolute Gasteiger partial charge is 0.107 e. The van der Waals surface area contributed by atoms with E-state index < -0.39 is 0 Å². The third kappa shape index (κ3) is 5.49. The molecule has 98 valence electrons. The fraction of sp³-hybridized carbons (Fsp3) is 0.769. The van der Waals surface area contributed by atoms with Crippen LogP contribution in [0.3, 0.4) is 0 Å². The fourth-order valence-corrected chi connectivity index (χ4v) is 2.74. The van der Waals surface area contributed by atoms with E-state index in [9.17, 15) is 0 Å². The minimum atomic E-state index is 0.164. The van der Waals surface area contributed by atoms with Crippen molar-refractivity contribution in [2.45, 2.75) is 50.9 Å². The highest BCUT2D eigenvalue weighted by molar-refractivity contribution is 9.09. The van der Waals surface area contributed by atoms with Gasteiger partial charge in [0.25, 0.3) is 0 Å². The highest BCUT2D eigenvalue weighted by atomic mass is 79.9. The summed E-state index contributed by atoms with van der Waals surface area (Å²) in [7, 11) is 2.16. The Morgan fingerprint density at radius 1 is 1.47 bits per heavy atom. The average Bonchev–Trinajstić information content (AvgIpc) is 2.62. The van der Waals surface area contributed by atoms with Crippen LogP contribution in [0.5, 0.6) is 0 Å².